The van der Waals surface area contributed by atoms with Crippen LogP contribution in [0.2, 0.25) is 0 Å². The fourth-order valence-electron chi connectivity index (χ4n) is 8.90. The predicted octanol–water partition coefficient (Wildman–Crippen LogP) is 20.8. The lowest BCUT2D eigenvalue weighted by Crippen LogP contribution is -2.30. The molecule has 0 aromatic heterocycles. The summed E-state index contributed by atoms with van der Waals surface area (Å²) in [7, 11) is 0. The maximum atomic E-state index is 12.8. The highest BCUT2D eigenvalue weighted by atomic mass is 16.6. The first-order chi connectivity index (χ1) is 35.0. The molecule has 0 aliphatic heterocycles. The third-order valence-corrected chi connectivity index (χ3v) is 13.5. The van der Waals surface area contributed by atoms with Crippen molar-refractivity contribution >= 4 is 17.9 Å². The van der Waals surface area contributed by atoms with Gasteiger partial charge in [0.1, 0.15) is 13.2 Å². The van der Waals surface area contributed by atoms with Crippen LogP contribution in [0.4, 0.5) is 0 Å². The molecule has 0 saturated heterocycles. The molecule has 0 spiro atoms. The van der Waals surface area contributed by atoms with Crippen LogP contribution in [0.25, 0.3) is 0 Å². The van der Waals surface area contributed by atoms with Gasteiger partial charge in [0.15, 0.2) is 6.10 Å². The van der Waals surface area contributed by atoms with E-state index in [-0.39, 0.29) is 31.1 Å². The van der Waals surface area contributed by atoms with Gasteiger partial charge in [-0.2, -0.15) is 0 Å². The highest BCUT2D eigenvalue weighted by Crippen LogP contribution is 2.17. The molecular weight excluding hydrogens is 877 g/mol. The Bertz CT molecular complexity index is 1280. The maximum Gasteiger partial charge on any atom is 0.306 e. The van der Waals surface area contributed by atoms with E-state index in [1.165, 1.54) is 173 Å². The summed E-state index contributed by atoms with van der Waals surface area (Å²) in [4.78, 5) is 38.1. The van der Waals surface area contributed by atoms with Gasteiger partial charge in [0.05, 0.1) is 0 Å². The van der Waals surface area contributed by atoms with Crippen LogP contribution in [-0.4, -0.2) is 37.2 Å². The second kappa shape index (κ2) is 59.7. The number of carbonyl (C=O) groups excluding carboxylic acids is 3. The Balaban J connectivity index is 4.20. The van der Waals surface area contributed by atoms with E-state index >= 15 is 0 Å². The molecule has 6 nitrogen and oxygen atoms in total. The smallest absolute Gasteiger partial charge is 0.306 e. The van der Waals surface area contributed by atoms with Crippen molar-refractivity contribution < 1.29 is 28.6 Å². The zero-order valence-electron chi connectivity index (χ0n) is 47.2. The molecular formula is C65H116O6. The zero-order valence-corrected chi connectivity index (χ0v) is 47.2. The molecule has 0 fully saturated rings. The van der Waals surface area contributed by atoms with Crippen LogP contribution in [0.5, 0.6) is 0 Å². The van der Waals surface area contributed by atoms with Crippen LogP contribution in [0.1, 0.15) is 316 Å². The Labute approximate surface area is 440 Å². The summed E-state index contributed by atoms with van der Waals surface area (Å²) >= 11 is 0. The average Bonchev–Trinajstić information content (AvgIpc) is 3.37. The first kappa shape index (κ1) is 68.1. The van der Waals surface area contributed by atoms with Gasteiger partial charge >= 0.3 is 17.9 Å². The molecule has 0 aliphatic carbocycles. The number of rotatable bonds is 56. The van der Waals surface area contributed by atoms with Crippen molar-refractivity contribution in [3.63, 3.8) is 0 Å². The normalized spacial score (nSPS) is 12.4. The van der Waals surface area contributed by atoms with Crippen molar-refractivity contribution in [3.05, 3.63) is 60.8 Å². The van der Waals surface area contributed by atoms with Crippen molar-refractivity contribution in [1.82, 2.24) is 0 Å². The van der Waals surface area contributed by atoms with E-state index in [2.05, 4.69) is 81.5 Å². The van der Waals surface area contributed by atoms with Gasteiger partial charge in [0.25, 0.3) is 0 Å². The highest BCUT2D eigenvalue weighted by molar-refractivity contribution is 5.71. The number of allylic oxidation sites excluding steroid dienone is 10. The second-order valence-electron chi connectivity index (χ2n) is 20.6. The quantitative estimate of drug-likeness (QED) is 0.0261. The molecule has 1 unspecified atom stereocenters. The fourth-order valence-corrected chi connectivity index (χ4v) is 8.90. The van der Waals surface area contributed by atoms with Gasteiger partial charge in [-0.1, -0.05) is 274 Å². The molecule has 0 radical (unpaired) electrons. The number of unbranched alkanes of at least 4 members (excludes halogenated alkanes) is 35. The van der Waals surface area contributed by atoms with E-state index in [4.69, 9.17) is 14.2 Å². The maximum absolute atomic E-state index is 12.8. The molecule has 0 aromatic carbocycles. The molecule has 71 heavy (non-hydrogen) atoms. The van der Waals surface area contributed by atoms with Crippen molar-refractivity contribution in [2.24, 2.45) is 0 Å². The first-order valence-electron chi connectivity index (χ1n) is 30.8. The summed E-state index contributed by atoms with van der Waals surface area (Å²) in [5, 5.41) is 0. The largest absolute Gasteiger partial charge is 0.462 e. The van der Waals surface area contributed by atoms with E-state index in [1.54, 1.807) is 0 Å². The summed E-state index contributed by atoms with van der Waals surface area (Å²) in [6.07, 6.45) is 75.2. The molecule has 0 rings (SSSR count). The van der Waals surface area contributed by atoms with Crippen molar-refractivity contribution in [2.45, 2.75) is 322 Å². The molecule has 0 bridgehead atoms. The molecule has 0 N–H and O–H groups in total. The third-order valence-electron chi connectivity index (χ3n) is 13.5. The lowest BCUT2D eigenvalue weighted by molar-refractivity contribution is -0.167. The molecule has 6 heteroatoms. The Morgan fingerprint density at radius 1 is 0.296 bits per heavy atom. The number of hydrogen-bond acceptors (Lipinski definition) is 6. The Morgan fingerprint density at radius 2 is 0.549 bits per heavy atom. The summed E-state index contributed by atoms with van der Waals surface area (Å²) in [6.45, 7) is 6.53. The number of hydrogen-bond donors (Lipinski definition) is 0. The molecule has 0 aliphatic rings. The zero-order chi connectivity index (χ0) is 51.4. The fraction of sp³-hybridized carbons (Fsp3) is 0.800. The predicted molar refractivity (Wildman–Crippen MR) is 307 cm³/mol. The molecule has 0 heterocycles. The number of ether oxygens (including phenoxy) is 3. The number of carbonyl (C=O) groups is 3. The standard InChI is InChI=1S/C65H116O6/c1-4-7-10-13-16-19-22-24-26-27-28-29-30-31-32-33-34-35-36-37-39-40-43-46-49-52-55-58-64(67)70-61-62(60-69-63(66)57-54-51-48-45-42-21-18-15-12-9-6-3)71-65(68)59-56-53-50-47-44-41-38-25-23-20-17-14-11-8-5-2/h8,11,17,20,22,24-25,27-28,38,62H,4-7,9-10,12-16,18-19,21,23,26,29-37,39-61H2,1-3H3/b11-8-,20-17-,24-22-,28-27-,38-25-. The average molecular weight is 994 g/mol. The van der Waals surface area contributed by atoms with E-state index in [0.717, 1.165) is 103 Å². The monoisotopic (exact) mass is 993 g/mol. The van der Waals surface area contributed by atoms with Crippen LogP contribution < -0.4 is 0 Å². The molecule has 1 atom stereocenters. The minimum Gasteiger partial charge on any atom is -0.462 e. The van der Waals surface area contributed by atoms with Crippen molar-refractivity contribution in [3.8, 4) is 0 Å². The van der Waals surface area contributed by atoms with Crippen LogP contribution in [-0.2, 0) is 28.6 Å². The summed E-state index contributed by atoms with van der Waals surface area (Å²) in [6, 6.07) is 0. The topological polar surface area (TPSA) is 78.9 Å². The van der Waals surface area contributed by atoms with Crippen LogP contribution >= 0.6 is 0 Å². The van der Waals surface area contributed by atoms with Gasteiger partial charge in [-0.25, -0.2) is 0 Å². The second-order valence-corrected chi connectivity index (χ2v) is 20.6. The first-order valence-corrected chi connectivity index (χ1v) is 30.8. The Kier molecular flexibility index (Phi) is 57.2. The lowest BCUT2D eigenvalue weighted by Gasteiger charge is -2.18. The van der Waals surface area contributed by atoms with E-state index in [1.807, 2.05) is 0 Å². The Morgan fingerprint density at radius 3 is 0.859 bits per heavy atom. The van der Waals surface area contributed by atoms with Crippen molar-refractivity contribution in [1.29, 1.82) is 0 Å². The van der Waals surface area contributed by atoms with Gasteiger partial charge in [-0.05, 0) is 83.5 Å². The lowest BCUT2D eigenvalue weighted by atomic mass is 10.0. The summed E-state index contributed by atoms with van der Waals surface area (Å²) < 4.78 is 16.9. The number of esters is 3. The van der Waals surface area contributed by atoms with Crippen LogP contribution in [0, 0.1) is 0 Å². The van der Waals surface area contributed by atoms with E-state index < -0.39 is 6.10 Å². The van der Waals surface area contributed by atoms with Crippen LogP contribution in [0.15, 0.2) is 60.8 Å². The van der Waals surface area contributed by atoms with Gasteiger partial charge in [-0.15, -0.1) is 0 Å². The minimum absolute atomic E-state index is 0.0780. The van der Waals surface area contributed by atoms with E-state index in [9.17, 15) is 14.4 Å². The summed E-state index contributed by atoms with van der Waals surface area (Å²) in [5.74, 6) is -0.882. The van der Waals surface area contributed by atoms with E-state index in [0.29, 0.717) is 19.3 Å². The van der Waals surface area contributed by atoms with Gasteiger partial charge in [0, 0.05) is 19.3 Å². The van der Waals surface area contributed by atoms with Gasteiger partial charge in [0.2, 0.25) is 0 Å². The molecule has 412 valence electrons. The summed E-state index contributed by atoms with van der Waals surface area (Å²) in [5.41, 5.74) is 0. The Hall–Kier alpha value is -2.89. The molecule has 0 amide bonds. The van der Waals surface area contributed by atoms with Gasteiger partial charge in [-0.3, -0.25) is 14.4 Å². The molecule has 0 saturated carbocycles. The SMILES string of the molecule is CC/C=C\C/C=C\C/C=C\CCCCCCCC(=O)OC(COC(=O)CCCCCCCCCCCCC)COC(=O)CCCCCCCCCCCCCCCCC/C=C\C/C=C\CCCCCCC. The van der Waals surface area contributed by atoms with Crippen molar-refractivity contribution in [2.75, 3.05) is 13.2 Å². The molecule has 0 aromatic rings. The third kappa shape index (κ3) is 57.9. The highest BCUT2D eigenvalue weighted by Gasteiger charge is 2.19. The van der Waals surface area contributed by atoms with Gasteiger partial charge < -0.3 is 14.2 Å². The minimum atomic E-state index is -0.780. The van der Waals surface area contributed by atoms with Crippen LogP contribution in [0.3, 0.4) is 0 Å².